The van der Waals surface area contributed by atoms with Crippen LogP contribution in [0.15, 0.2) is 17.5 Å². The van der Waals surface area contributed by atoms with E-state index in [1.165, 1.54) is 4.88 Å². The molecule has 0 radical (unpaired) electrons. The van der Waals surface area contributed by atoms with Gasteiger partial charge < -0.3 is 9.84 Å². The fourth-order valence-electron chi connectivity index (χ4n) is 2.44. The summed E-state index contributed by atoms with van der Waals surface area (Å²) in [6, 6.07) is 4.14. The molecule has 90 valence electrons. The zero-order chi connectivity index (χ0) is 11.6. The van der Waals surface area contributed by atoms with Crippen LogP contribution in [0.25, 0.3) is 0 Å². The minimum absolute atomic E-state index is 0.149. The van der Waals surface area contributed by atoms with Crippen molar-refractivity contribution in [2.24, 2.45) is 0 Å². The molecule has 3 heteroatoms. The zero-order valence-electron chi connectivity index (χ0n) is 10.0. The topological polar surface area (TPSA) is 29.5 Å². The van der Waals surface area contributed by atoms with Crippen LogP contribution < -0.4 is 0 Å². The fourth-order valence-corrected chi connectivity index (χ4v) is 3.28. The van der Waals surface area contributed by atoms with Gasteiger partial charge in [0.2, 0.25) is 0 Å². The van der Waals surface area contributed by atoms with Gasteiger partial charge >= 0.3 is 0 Å². The normalized spacial score (nSPS) is 35.2. The second-order valence-electron chi connectivity index (χ2n) is 5.06. The molecule has 1 fully saturated rings. The highest BCUT2D eigenvalue weighted by Gasteiger charge is 2.41. The average molecular weight is 240 g/mol. The lowest BCUT2D eigenvalue weighted by atomic mass is 9.79. The van der Waals surface area contributed by atoms with Gasteiger partial charge in [-0.05, 0) is 31.2 Å². The molecule has 2 nitrogen and oxygen atoms in total. The third kappa shape index (κ3) is 2.65. The largest absolute Gasteiger partial charge is 0.389 e. The number of thiophene rings is 1. The van der Waals surface area contributed by atoms with Gasteiger partial charge in [0.1, 0.15) is 0 Å². The summed E-state index contributed by atoms with van der Waals surface area (Å²) >= 11 is 1.72. The molecular formula is C13H20O2S. The molecule has 0 aliphatic carbocycles. The Hall–Kier alpha value is -0.380. The van der Waals surface area contributed by atoms with Crippen LogP contribution in [0.2, 0.25) is 0 Å². The van der Waals surface area contributed by atoms with Gasteiger partial charge in [-0.3, -0.25) is 0 Å². The van der Waals surface area contributed by atoms with Gasteiger partial charge in [0.25, 0.3) is 0 Å². The molecule has 0 saturated carbocycles. The van der Waals surface area contributed by atoms with Gasteiger partial charge in [-0.25, -0.2) is 0 Å². The second-order valence-corrected chi connectivity index (χ2v) is 6.09. The highest BCUT2D eigenvalue weighted by Crippen LogP contribution is 2.37. The van der Waals surface area contributed by atoms with Crippen LogP contribution in [0.3, 0.4) is 0 Å². The lowest BCUT2D eigenvalue weighted by molar-refractivity contribution is -0.152. The first kappa shape index (κ1) is 12.1. The van der Waals surface area contributed by atoms with Crippen molar-refractivity contribution in [3.63, 3.8) is 0 Å². The van der Waals surface area contributed by atoms with Crippen LogP contribution >= 0.6 is 11.3 Å². The lowest BCUT2D eigenvalue weighted by Gasteiger charge is -2.43. The van der Waals surface area contributed by atoms with E-state index in [0.29, 0.717) is 6.61 Å². The summed E-state index contributed by atoms with van der Waals surface area (Å²) in [6.07, 6.45) is 3.22. The Morgan fingerprint density at radius 1 is 1.56 bits per heavy atom. The molecule has 1 aliphatic heterocycles. The van der Waals surface area contributed by atoms with Crippen molar-refractivity contribution in [1.82, 2.24) is 0 Å². The van der Waals surface area contributed by atoms with Gasteiger partial charge in [-0.1, -0.05) is 13.0 Å². The van der Waals surface area contributed by atoms with E-state index in [2.05, 4.69) is 25.3 Å². The summed E-state index contributed by atoms with van der Waals surface area (Å²) in [4.78, 5) is 1.27. The molecule has 1 saturated heterocycles. The van der Waals surface area contributed by atoms with Gasteiger partial charge in [-0.2, -0.15) is 0 Å². The molecule has 2 heterocycles. The van der Waals surface area contributed by atoms with E-state index in [1.807, 2.05) is 6.07 Å². The van der Waals surface area contributed by atoms with Gasteiger partial charge in [0.05, 0.1) is 17.8 Å². The maximum atomic E-state index is 10.6. The van der Waals surface area contributed by atoms with Crippen LogP contribution in [0.1, 0.15) is 38.0 Å². The van der Waals surface area contributed by atoms with Crippen molar-refractivity contribution in [2.45, 2.75) is 50.7 Å². The molecule has 0 amide bonds. The van der Waals surface area contributed by atoms with Crippen molar-refractivity contribution in [2.75, 3.05) is 6.61 Å². The van der Waals surface area contributed by atoms with Crippen LogP contribution in [0.5, 0.6) is 0 Å². The maximum absolute atomic E-state index is 10.6. The Labute approximate surface area is 101 Å². The summed E-state index contributed by atoms with van der Waals surface area (Å²) in [5, 5.41) is 12.7. The minimum Gasteiger partial charge on any atom is -0.389 e. The molecule has 0 aromatic carbocycles. The van der Waals surface area contributed by atoms with Gasteiger partial charge in [-0.15, -0.1) is 11.3 Å². The molecule has 0 spiro atoms. The Bertz CT molecular complexity index is 336. The summed E-state index contributed by atoms with van der Waals surface area (Å²) in [7, 11) is 0. The Morgan fingerprint density at radius 3 is 3.00 bits per heavy atom. The third-order valence-electron chi connectivity index (χ3n) is 3.55. The monoisotopic (exact) mass is 240 g/mol. The molecule has 0 bridgehead atoms. The predicted octanol–water partition coefficient (Wildman–Crippen LogP) is 3.00. The first-order valence-corrected chi connectivity index (χ1v) is 6.82. The number of rotatable bonds is 3. The number of hydrogen-bond donors (Lipinski definition) is 1. The number of ether oxygens (including phenoxy) is 1. The zero-order valence-corrected chi connectivity index (χ0v) is 10.8. The molecule has 2 rings (SSSR count). The summed E-state index contributed by atoms with van der Waals surface area (Å²) in [5.41, 5.74) is -0.724. The molecule has 1 N–H and O–H groups in total. The highest BCUT2D eigenvalue weighted by atomic mass is 32.1. The van der Waals surface area contributed by atoms with E-state index in [1.54, 1.807) is 11.3 Å². The van der Waals surface area contributed by atoms with Gasteiger partial charge in [0.15, 0.2) is 0 Å². The fraction of sp³-hybridized carbons (Fsp3) is 0.692. The van der Waals surface area contributed by atoms with Crippen molar-refractivity contribution in [3.8, 4) is 0 Å². The van der Waals surface area contributed by atoms with Crippen molar-refractivity contribution in [3.05, 3.63) is 22.4 Å². The standard InChI is InChI=1S/C13H20O2S/c1-3-12(2)10-13(14,6-7-15-12)9-11-5-4-8-16-11/h4-5,8,14H,3,6-7,9-10H2,1-2H3. The highest BCUT2D eigenvalue weighted by molar-refractivity contribution is 7.09. The first-order valence-electron chi connectivity index (χ1n) is 5.94. The summed E-state index contributed by atoms with van der Waals surface area (Å²) in [6.45, 7) is 4.90. The molecule has 16 heavy (non-hydrogen) atoms. The van der Waals surface area contributed by atoms with Crippen LogP contribution in [-0.2, 0) is 11.2 Å². The first-order chi connectivity index (χ1) is 7.55. The summed E-state index contributed by atoms with van der Waals surface area (Å²) < 4.78 is 5.77. The number of hydrogen-bond acceptors (Lipinski definition) is 3. The lowest BCUT2D eigenvalue weighted by Crippen LogP contribution is -2.48. The van der Waals surface area contributed by atoms with E-state index in [0.717, 1.165) is 25.7 Å². The van der Waals surface area contributed by atoms with Crippen LogP contribution in [-0.4, -0.2) is 22.9 Å². The Balaban J connectivity index is 2.06. The molecule has 1 aliphatic rings. The van der Waals surface area contributed by atoms with E-state index in [4.69, 9.17) is 4.74 Å². The molecule has 1 aromatic heterocycles. The third-order valence-corrected chi connectivity index (χ3v) is 4.43. The molecular weight excluding hydrogens is 220 g/mol. The SMILES string of the molecule is CCC1(C)CC(O)(Cc2cccs2)CCO1. The van der Waals surface area contributed by atoms with E-state index in [9.17, 15) is 5.11 Å². The van der Waals surface area contributed by atoms with Crippen molar-refractivity contribution < 1.29 is 9.84 Å². The molecule has 1 aromatic rings. The number of aliphatic hydroxyl groups is 1. The Kier molecular flexibility index (Phi) is 3.38. The predicted molar refractivity (Wildman–Crippen MR) is 66.9 cm³/mol. The Morgan fingerprint density at radius 2 is 2.38 bits per heavy atom. The maximum Gasteiger partial charge on any atom is 0.0745 e. The van der Waals surface area contributed by atoms with Crippen LogP contribution in [0.4, 0.5) is 0 Å². The van der Waals surface area contributed by atoms with Crippen LogP contribution in [0, 0.1) is 0 Å². The quantitative estimate of drug-likeness (QED) is 0.880. The van der Waals surface area contributed by atoms with E-state index in [-0.39, 0.29) is 5.60 Å². The van der Waals surface area contributed by atoms with Crippen molar-refractivity contribution in [1.29, 1.82) is 0 Å². The second kappa shape index (κ2) is 4.47. The summed E-state index contributed by atoms with van der Waals surface area (Å²) in [5.74, 6) is 0. The van der Waals surface area contributed by atoms with E-state index < -0.39 is 5.60 Å². The van der Waals surface area contributed by atoms with Crippen molar-refractivity contribution >= 4 is 11.3 Å². The molecule has 2 atom stereocenters. The van der Waals surface area contributed by atoms with E-state index >= 15 is 0 Å². The average Bonchev–Trinajstić information content (AvgIpc) is 2.69. The minimum atomic E-state index is -0.576. The smallest absolute Gasteiger partial charge is 0.0745 e. The molecule has 2 unspecified atom stereocenters. The van der Waals surface area contributed by atoms with Gasteiger partial charge in [0, 0.05) is 17.7 Å².